The molecule has 3 rings (SSSR count). The minimum absolute atomic E-state index is 0.316. The highest BCUT2D eigenvalue weighted by molar-refractivity contribution is 6.31. The molecule has 1 aliphatic rings. The van der Waals surface area contributed by atoms with Crippen molar-refractivity contribution in [1.82, 2.24) is 0 Å². The Morgan fingerprint density at radius 1 is 1.05 bits per heavy atom. The van der Waals surface area contributed by atoms with Gasteiger partial charge in [0.25, 0.3) is 0 Å². The normalized spacial score (nSPS) is 17.1. The van der Waals surface area contributed by atoms with Gasteiger partial charge in [0.1, 0.15) is 5.82 Å². The summed E-state index contributed by atoms with van der Waals surface area (Å²) in [6.45, 7) is 1.89. The van der Waals surface area contributed by atoms with Crippen LogP contribution in [0.25, 0.3) is 0 Å². The van der Waals surface area contributed by atoms with Gasteiger partial charge in [-0.1, -0.05) is 29.8 Å². The molecule has 2 aromatic rings. The van der Waals surface area contributed by atoms with Crippen molar-refractivity contribution in [2.45, 2.75) is 38.1 Å². The summed E-state index contributed by atoms with van der Waals surface area (Å²) in [5.74, 6) is -0.316. The molecule has 0 radical (unpaired) electrons. The summed E-state index contributed by atoms with van der Waals surface area (Å²) in [7, 11) is 0. The molecule has 1 aliphatic carbocycles. The number of hydrogen-bond donors (Lipinski definition) is 1. The van der Waals surface area contributed by atoms with Crippen LogP contribution in [0.5, 0.6) is 0 Å². The van der Waals surface area contributed by atoms with E-state index in [1.54, 1.807) is 6.07 Å². The summed E-state index contributed by atoms with van der Waals surface area (Å²) >= 11 is 6.23. The zero-order chi connectivity index (χ0) is 15.0. The first kappa shape index (κ1) is 14.6. The maximum Gasteiger partial charge on any atom is 0.123 e. The lowest BCUT2D eigenvalue weighted by atomic mass is 9.82. The minimum atomic E-state index is -0.800. The topological polar surface area (TPSA) is 26.0 Å². The van der Waals surface area contributed by atoms with E-state index in [1.165, 1.54) is 36.1 Å². The van der Waals surface area contributed by atoms with Gasteiger partial charge in [0.05, 0.1) is 5.54 Å². The van der Waals surface area contributed by atoms with Gasteiger partial charge in [-0.05, 0) is 73.1 Å². The Labute approximate surface area is 129 Å². The van der Waals surface area contributed by atoms with Gasteiger partial charge in [0.15, 0.2) is 0 Å². The zero-order valence-corrected chi connectivity index (χ0v) is 12.9. The smallest absolute Gasteiger partial charge is 0.123 e. The predicted octanol–water partition coefficient (Wildman–Crippen LogP) is 4.58. The van der Waals surface area contributed by atoms with Crippen molar-refractivity contribution < 1.29 is 4.39 Å². The second-order valence-corrected chi connectivity index (χ2v) is 6.42. The highest BCUT2D eigenvalue weighted by Crippen LogP contribution is 2.34. The van der Waals surface area contributed by atoms with Crippen molar-refractivity contribution in [3.05, 3.63) is 69.5 Å². The molecular weight excluding hydrogens is 285 g/mol. The summed E-state index contributed by atoms with van der Waals surface area (Å²) < 4.78 is 13.6. The fraction of sp³-hybridized carbons (Fsp3) is 0.333. The van der Waals surface area contributed by atoms with Crippen LogP contribution in [0.3, 0.4) is 0 Å². The molecule has 1 atom stereocenters. The van der Waals surface area contributed by atoms with Crippen LogP contribution in [-0.2, 0) is 18.4 Å². The van der Waals surface area contributed by atoms with E-state index in [4.69, 9.17) is 17.3 Å². The Balaban J connectivity index is 2.07. The molecule has 1 nitrogen and oxygen atoms in total. The van der Waals surface area contributed by atoms with Crippen LogP contribution in [0.1, 0.15) is 42.0 Å². The van der Waals surface area contributed by atoms with Gasteiger partial charge in [-0.3, -0.25) is 0 Å². The van der Waals surface area contributed by atoms with Crippen LogP contribution in [0, 0.1) is 5.82 Å². The quantitative estimate of drug-likeness (QED) is 0.863. The molecule has 2 N–H and O–H groups in total. The average molecular weight is 304 g/mol. The molecule has 110 valence electrons. The van der Waals surface area contributed by atoms with Crippen molar-refractivity contribution in [1.29, 1.82) is 0 Å². The van der Waals surface area contributed by atoms with Crippen molar-refractivity contribution in [2.24, 2.45) is 5.73 Å². The van der Waals surface area contributed by atoms with Gasteiger partial charge >= 0.3 is 0 Å². The van der Waals surface area contributed by atoms with Crippen LogP contribution >= 0.6 is 11.6 Å². The van der Waals surface area contributed by atoms with E-state index < -0.39 is 5.54 Å². The van der Waals surface area contributed by atoms with Crippen molar-refractivity contribution in [3.8, 4) is 0 Å². The van der Waals surface area contributed by atoms with E-state index in [9.17, 15) is 4.39 Å². The van der Waals surface area contributed by atoms with E-state index in [1.807, 2.05) is 13.0 Å². The summed E-state index contributed by atoms with van der Waals surface area (Å²) in [6, 6.07) is 10.7. The molecule has 0 heterocycles. The monoisotopic (exact) mass is 303 g/mol. The van der Waals surface area contributed by atoms with Crippen molar-refractivity contribution in [2.75, 3.05) is 0 Å². The second kappa shape index (κ2) is 5.43. The fourth-order valence-corrected chi connectivity index (χ4v) is 3.42. The molecule has 1 unspecified atom stereocenters. The summed E-state index contributed by atoms with van der Waals surface area (Å²) in [6.07, 6.45) is 4.70. The fourth-order valence-electron chi connectivity index (χ4n) is 3.11. The van der Waals surface area contributed by atoms with Crippen LogP contribution in [0.2, 0.25) is 5.02 Å². The lowest BCUT2D eigenvalue weighted by Crippen LogP contribution is -2.35. The molecule has 0 amide bonds. The zero-order valence-electron chi connectivity index (χ0n) is 12.1. The molecule has 2 aromatic carbocycles. The third-order valence-electron chi connectivity index (χ3n) is 4.44. The number of benzene rings is 2. The molecule has 21 heavy (non-hydrogen) atoms. The second-order valence-electron chi connectivity index (χ2n) is 6.02. The van der Waals surface area contributed by atoms with Gasteiger partial charge in [0, 0.05) is 5.02 Å². The van der Waals surface area contributed by atoms with Crippen LogP contribution in [0.15, 0.2) is 36.4 Å². The van der Waals surface area contributed by atoms with E-state index in [0.717, 1.165) is 18.4 Å². The number of aryl methyl sites for hydroxylation is 2. The lowest BCUT2D eigenvalue weighted by Gasteiger charge is -2.29. The largest absolute Gasteiger partial charge is 0.318 e. The molecule has 3 heteroatoms. The number of halogens is 2. The number of hydrogen-bond acceptors (Lipinski definition) is 1. The maximum absolute atomic E-state index is 13.6. The Morgan fingerprint density at radius 2 is 1.76 bits per heavy atom. The summed E-state index contributed by atoms with van der Waals surface area (Å²) in [5.41, 5.74) is 10.1. The molecule has 0 saturated carbocycles. The average Bonchev–Trinajstić information content (AvgIpc) is 2.49. The summed E-state index contributed by atoms with van der Waals surface area (Å²) in [4.78, 5) is 0. The highest BCUT2D eigenvalue weighted by atomic mass is 35.5. The predicted molar refractivity (Wildman–Crippen MR) is 85.1 cm³/mol. The first-order chi connectivity index (χ1) is 9.98. The molecule has 0 spiro atoms. The lowest BCUT2D eigenvalue weighted by molar-refractivity contribution is 0.579. The number of nitrogens with two attached hydrogens (primary N) is 1. The molecular formula is C18H19ClFN. The minimum Gasteiger partial charge on any atom is -0.318 e. The van der Waals surface area contributed by atoms with Gasteiger partial charge < -0.3 is 5.73 Å². The van der Waals surface area contributed by atoms with Gasteiger partial charge in [0.2, 0.25) is 0 Å². The number of rotatable bonds is 2. The molecule has 0 bridgehead atoms. The Morgan fingerprint density at radius 3 is 2.52 bits per heavy atom. The van der Waals surface area contributed by atoms with Gasteiger partial charge in [-0.25, -0.2) is 4.39 Å². The van der Waals surface area contributed by atoms with Gasteiger partial charge in [-0.15, -0.1) is 0 Å². The highest BCUT2D eigenvalue weighted by Gasteiger charge is 2.27. The van der Waals surface area contributed by atoms with Crippen molar-refractivity contribution >= 4 is 11.6 Å². The van der Waals surface area contributed by atoms with Crippen molar-refractivity contribution in [3.63, 3.8) is 0 Å². The maximum atomic E-state index is 13.6. The van der Waals surface area contributed by atoms with Crippen LogP contribution < -0.4 is 5.73 Å². The Bertz CT molecular complexity index is 679. The third-order valence-corrected chi connectivity index (χ3v) is 4.77. The molecule has 0 aromatic heterocycles. The van der Waals surface area contributed by atoms with E-state index >= 15 is 0 Å². The van der Waals surface area contributed by atoms with Crippen LogP contribution in [0.4, 0.5) is 4.39 Å². The van der Waals surface area contributed by atoms with Crippen LogP contribution in [-0.4, -0.2) is 0 Å². The van der Waals surface area contributed by atoms with E-state index in [0.29, 0.717) is 10.6 Å². The number of fused-ring (bicyclic) bond motifs is 1. The van der Waals surface area contributed by atoms with E-state index in [2.05, 4.69) is 12.1 Å². The first-order valence-corrected chi connectivity index (χ1v) is 7.73. The molecule has 0 fully saturated rings. The first-order valence-electron chi connectivity index (χ1n) is 7.35. The third kappa shape index (κ3) is 2.70. The standard InChI is InChI=1S/C18H19ClFN/c1-18(21,16-11-15(20)8-9-17(16)19)14-7-6-12-4-2-3-5-13(12)10-14/h6-11H,2-5,21H2,1H3. The van der Waals surface area contributed by atoms with E-state index in [-0.39, 0.29) is 5.82 Å². The molecule has 0 saturated heterocycles. The SMILES string of the molecule is CC(N)(c1ccc2c(c1)CCCC2)c1cc(F)ccc1Cl. The Hall–Kier alpha value is -1.38. The molecule has 0 aliphatic heterocycles. The summed E-state index contributed by atoms with van der Waals surface area (Å²) in [5, 5.41) is 0.499. The Kier molecular flexibility index (Phi) is 3.76. The van der Waals surface area contributed by atoms with Gasteiger partial charge in [-0.2, -0.15) is 0 Å².